The number of nitrogens with one attached hydrogen (secondary N) is 1. The lowest BCUT2D eigenvalue weighted by atomic mass is 10.2. The number of hydrogen-bond acceptors (Lipinski definition) is 2. The van der Waals surface area contributed by atoms with Gasteiger partial charge in [0.1, 0.15) is 0 Å². The average Bonchev–Trinajstić information content (AvgIpc) is 2.88. The van der Waals surface area contributed by atoms with Gasteiger partial charge in [0.15, 0.2) is 0 Å². The van der Waals surface area contributed by atoms with Crippen LogP contribution in [0.1, 0.15) is 16.8 Å². The van der Waals surface area contributed by atoms with E-state index in [1.165, 1.54) is 0 Å². The monoisotopic (exact) mass is 279 g/mol. The Morgan fingerprint density at radius 1 is 1.00 bits per heavy atom. The van der Waals surface area contributed by atoms with Crippen molar-refractivity contribution in [1.82, 2.24) is 5.27 Å². The zero-order valence-corrected chi connectivity index (χ0v) is 11.6. The zero-order chi connectivity index (χ0) is 14.7. The quantitative estimate of drug-likeness (QED) is 0.749. The molecule has 0 aliphatic heterocycles. The van der Waals surface area contributed by atoms with E-state index >= 15 is 0 Å². The van der Waals surface area contributed by atoms with Crippen LogP contribution in [0.4, 0.5) is 0 Å². The van der Waals surface area contributed by atoms with Crippen molar-refractivity contribution >= 4 is 12.2 Å². The molecule has 0 saturated carbocycles. The number of nitrogens with zero attached hydrogens (tertiary/aromatic N) is 1. The molecule has 0 saturated heterocycles. The minimum absolute atomic E-state index is 0.400. The molecule has 0 atom stereocenters. The van der Waals surface area contributed by atoms with E-state index in [9.17, 15) is 4.79 Å². The summed E-state index contributed by atoms with van der Waals surface area (Å²) in [6, 6.07) is 17.6. The highest BCUT2D eigenvalue weighted by atomic mass is 16.5. The van der Waals surface area contributed by atoms with Crippen LogP contribution < -0.4 is 10.3 Å². The van der Waals surface area contributed by atoms with E-state index in [0.717, 1.165) is 16.8 Å². The van der Waals surface area contributed by atoms with Gasteiger partial charge in [-0.3, -0.25) is 4.52 Å². The molecule has 0 radical (unpaired) electrons. The normalized spacial score (nSPS) is 11.1. The van der Waals surface area contributed by atoms with E-state index in [2.05, 4.69) is 5.27 Å². The lowest BCUT2D eigenvalue weighted by Crippen LogP contribution is -2.36. The summed E-state index contributed by atoms with van der Waals surface area (Å²) in [4.78, 5) is 11.8. The molecule has 3 rings (SSSR count). The van der Waals surface area contributed by atoms with Crippen LogP contribution in [0, 0.1) is 6.92 Å². The van der Waals surface area contributed by atoms with Gasteiger partial charge in [-0.25, -0.2) is 4.79 Å². The SMILES string of the molecule is Cc1ccc(-[n+]2[nH]oc(=O)c2/C=C/c2ccccc2)cc1. The van der Waals surface area contributed by atoms with Crippen molar-refractivity contribution in [1.29, 1.82) is 0 Å². The largest absolute Gasteiger partial charge is 0.435 e. The van der Waals surface area contributed by atoms with E-state index in [0.29, 0.717) is 5.69 Å². The number of aryl methyl sites for hydroxylation is 1. The number of aromatic amines is 1. The van der Waals surface area contributed by atoms with Crippen LogP contribution in [0.25, 0.3) is 17.8 Å². The molecule has 2 aromatic carbocycles. The molecule has 1 aromatic heterocycles. The van der Waals surface area contributed by atoms with Gasteiger partial charge >= 0.3 is 11.3 Å². The second-order valence-electron chi connectivity index (χ2n) is 4.78. The van der Waals surface area contributed by atoms with Gasteiger partial charge in [0.05, 0.1) is 0 Å². The number of hydrogen-bond donors (Lipinski definition) is 1. The van der Waals surface area contributed by atoms with Crippen LogP contribution in [0.15, 0.2) is 63.9 Å². The summed E-state index contributed by atoms with van der Waals surface area (Å²) in [6.45, 7) is 2.02. The lowest BCUT2D eigenvalue weighted by molar-refractivity contribution is -0.672. The Bertz CT molecular complexity index is 812. The van der Waals surface area contributed by atoms with E-state index in [4.69, 9.17) is 4.52 Å². The van der Waals surface area contributed by atoms with Gasteiger partial charge < -0.3 is 0 Å². The molecule has 0 spiro atoms. The summed E-state index contributed by atoms with van der Waals surface area (Å²) in [5.41, 5.74) is 3.07. The highest BCUT2D eigenvalue weighted by Gasteiger charge is 2.20. The topological polar surface area (TPSA) is 49.9 Å². The van der Waals surface area contributed by atoms with Gasteiger partial charge in [0.2, 0.25) is 5.69 Å². The fourth-order valence-electron chi connectivity index (χ4n) is 2.05. The van der Waals surface area contributed by atoms with Crippen molar-refractivity contribution < 1.29 is 9.20 Å². The maximum atomic E-state index is 11.8. The minimum Gasteiger partial charge on any atom is -0.282 e. The van der Waals surface area contributed by atoms with Crippen LogP contribution in [-0.2, 0) is 0 Å². The van der Waals surface area contributed by atoms with Crippen LogP contribution in [0.5, 0.6) is 0 Å². The van der Waals surface area contributed by atoms with Crippen LogP contribution in [-0.4, -0.2) is 5.27 Å². The van der Waals surface area contributed by atoms with Gasteiger partial charge in [-0.1, -0.05) is 48.0 Å². The van der Waals surface area contributed by atoms with Crippen molar-refractivity contribution in [3.63, 3.8) is 0 Å². The Labute approximate surface area is 121 Å². The molecule has 0 fully saturated rings. The Morgan fingerprint density at radius 3 is 2.43 bits per heavy atom. The molecule has 1 N–H and O–H groups in total. The maximum absolute atomic E-state index is 11.8. The third-order valence-corrected chi connectivity index (χ3v) is 3.21. The second-order valence-corrected chi connectivity index (χ2v) is 4.78. The summed E-state index contributed by atoms with van der Waals surface area (Å²) in [6.07, 6.45) is 3.63. The van der Waals surface area contributed by atoms with Crippen LogP contribution in [0.2, 0.25) is 0 Å². The summed E-state index contributed by atoms with van der Waals surface area (Å²) < 4.78 is 6.53. The Hall–Kier alpha value is -2.88. The minimum atomic E-state index is -0.400. The van der Waals surface area contributed by atoms with Gasteiger partial charge in [-0.05, 0) is 28.5 Å². The second kappa shape index (κ2) is 5.63. The summed E-state index contributed by atoms with van der Waals surface area (Å²) in [5, 5.41) is 2.62. The van der Waals surface area contributed by atoms with Gasteiger partial charge in [-0.15, -0.1) is 0 Å². The van der Waals surface area contributed by atoms with E-state index in [1.807, 2.05) is 67.6 Å². The van der Waals surface area contributed by atoms with Crippen molar-refractivity contribution in [3.8, 4) is 5.69 Å². The smallest absolute Gasteiger partial charge is 0.282 e. The summed E-state index contributed by atoms with van der Waals surface area (Å²) >= 11 is 0. The number of H-pyrrole nitrogens is 1. The Morgan fingerprint density at radius 2 is 1.71 bits per heavy atom. The third kappa shape index (κ3) is 2.84. The first-order valence-electron chi connectivity index (χ1n) is 6.68. The number of benzene rings is 2. The van der Waals surface area contributed by atoms with Gasteiger partial charge in [-0.2, -0.15) is 0 Å². The predicted octanol–water partition coefficient (Wildman–Crippen LogP) is 2.72. The molecule has 0 aliphatic rings. The molecule has 0 bridgehead atoms. The molecule has 104 valence electrons. The molecule has 0 aliphatic carbocycles. The van der Waals surface area contributed by atoms with Crippen molar-refractivity contribution in [2.45, 2.75) is 6.92 Å². The zero-order valence-electron chi connectivity index (χ0n) is 11.6. The van der Waals surface area contributed by atoms with Crippen molar-refractivity contribution in [2.24, 2.45) is 0 Å². The van der Waals surface area contributed by atoms with Crippen LogP contribution in [0.3, 0.4) is 0 Å². The molecule has 0 amide bonds. The predicted molar refractivity (Wildman–Crippen MR) is 81.0 cm³/mol. The summed E-state index contributed by atoms with van der Waals surface area (Å²) in [5.74, 6) is 0. The third-order valence-electron chi connectivity index (χ3n) is 3.21. The standard InChI is InChI=1S/C17H14N2O2/c1-13-7-10-15(11-8-13)19-16(17(20)21-18-19)12-9-14-5-3-2-4-6-14/h2-12H,1H3/p+1/b12-9+. The van der Waals surface area contributed by atoms with Gasteiger partial charge in [0, 0.05) is 18.2 Å². The fraction of sp³-hybridized carbons (Fsp3) is 0.0588. The number of rotatable bonds is 3. The Balaban J connectivity index is 2.00. The van der Waals surface area contributed by atoms with Crippen molar-refractivity contribution in [2.75, 3.05) is 0 Å². The molecule has 4 heteroatoms. The van der Waals surface area contributed by atoms with E-state index in [1.54, 1.807) is 10.8 Å². The molecule has 1 heterocycles. The number of aromatic nitrogens is 2. The Kier molecular flexibility index (Phi) is 3.51. The van der Waals surface area contributed by atoms with Crippen molar-refractivity contribution in [3.05, 3.63) is 81.8 Å². The van der Waals surface area contributed by atoms with E-state index < -0.39 is 5.63 Å². The summed E-state index contributed by atoms with van der Waals surface area (Å²) in [7, 11) is 0. The molecule has 3 aromatic rings. The lowest BCUT2D eigenvalue weighted by Gasteiger charge is -1.93. The molecule has 21 heavy (non-hydrogen) atoms. The maximum Gasteiger partial charge on any atom is 0.435 e. The van der Waals surface area contributed by atoms with Gasteiger partial charge in [0.25, 0.3) is 0 Å². The molecular formula is C17H15N2O2+. The van der Waals surface area contributed by atoms with Crippen LogP contribution >= 0.6 is 0 Å². The van der Waals surface area contributed by atoms with E-state index in [-0.39, 0.29) is 0 Å². The first kappa shape index (κ1) is 13.1. The highest BCUT2D eigenvalue weighted by Crippen LogP contribution is 2.06. The molecule has 0 unspecified atom stereocenters. The first-order valence-corrected chi connectivity index (χ1v) is 6.68. The molecule has 4 nitrogen and oxygen atoms in total. The molecular weight excluding hydrogens is 264 g/mol. The highest BCUT2D eigenvalue weighted by molar-refractivity contribution is 5.66. The first-order chi connectivity index (χ1) is 10.2. The average molecular weight is 279 g/mol. The fourth-order valence-corrected chi connectivity index (χ4v) is 2.05.